The van der Waals surface area contributed by atoms with Crippen LogP contribution in [0.5, 0.6) is 0 Å². The molecule has 3 aromatic rings. The lowest BCUT2D eigenvalue weighted by atomic mass is 9.76. The van der Waals surface area contributed by atoms with Gasteiger partial charge in [-0.1, -0.05) is 30.3 Å². The van der Waals surface area contributed by atoms with E-state index in [1.165, 1.54) is 30.8 Å². The second kappa shape index (κ2) is 10.0. The van der Waals surface area contributed by atoms with Crippen LogP contribution in [0.1, 0.15) is 36.4 Å². The second-order valence-electron chi connectivity index (χ2n) is 9.17. The number of hydrogen-bond donors (Lipinski definition) is 2. The number of carbonyl (C=O) groups excluding carboxylic acids is 1. The van der Waals surface area contributed by atoms with E-state index >= 15 is 0 Å². The van der Waals surface area contributed by atoms with Gasteiger partial charge in [0, 0.05) is 41.6 Å². The molecule has 1 saturated carbocycles. The number of hydrogen-bond acceptors (Lipinski definition) is 7. The predicted octanol–water partition coefficient (Wildman–Crippen LogP) is 6.50. The SMILES string of the molecule is CC(=O)Nc1ccc2c(c1)[C@@H]1[C@H](Cl)[C@H](Sc3ccccc3[N+](=O)[O-])C[C@@H]1[C@H](c1ccccc1[N+](=O)[O-])N2. The van der Waals surface area contributed by atoms with E-state index < -0.39 is 10.3 Å². The van der Waals surface area contributed by atoms with Crippen molar-refractivity contribution in [2.24, 2.45) is 5.92 Å². The van der Waals surface area contributed by atoms with Crippen LogP contribution in [0.3, 0.4) is 0 Å². The van der Waals surface area contributed by atoms with Gasteiger partial charge in [-0.2, -0.15) is 0 Å². The van der Waals surface area contributed by atoms with E-state index in [4.69, 9.17) is 11.6 Å². The van der Waals surface area contributed by atoms with E-state index in [0.29, 0.717) is 22.6 Å². The number of rotatable bonds is 6. The van der Waals surface area contributed by atoms with E-state index in [-0.39, 0.29) is 45.3 Å². The number of thioether (sulfide) groups is 1. The molecule has 1 heterocycles. The van der Waals surface area contributed by atoms with E-state index in [2.05, 4.69) is 10.6 Å². The van der Waals surface area contributed by atoms with Crippen LogP contribution in [-0.2, 0) is 4.79 Å². The van der Waals surface area contributed by atoms with Gasteiger partial charge in [-0.25, -0.2) is 0 Å². The van der Waals surface area contributed by atoms with Crippen molar-refractivity contribution in [3.63, 3.8) is 0 Å². The normalized spacial score (nSPS) is 23.9. The average molecular weight is 539 g/mol. The van der Waals surface area contributed by atoms with Crippen LogP contribution >= 0.6 is 23.4 Å². The average Bonchev–Trinajstić information content (AvgIpc) is 3.19. The zero-order valence-corrected chi connectivity index (χ0v) is 21.2. The first-order valence-electron chi connectivity index (χ1n) is 11.7. The Kier molecular flexibility index (Phi) is 6.78. The number of benzene rings is 3. The number of amides is 1. The number of anilines is 2. The van der Waals surface area contributed by atoms with Gasteiger partial charge in [-0.05, 0) is 42.2 Å². The molecule has 11 heteroatoms. The first-order valence-corrected chi connectivity index (χ1v) is 13.0. The van der Waals surface area contributed by atoms with E-state index in [0.717, 1.165) is 11.3 Å². The van der Waals surface area contributed by atoms with Crippen LogP contribution in [0.2, 0.25) is 0 Å². The minimum atomic E-state index is -0.409. The highest BCUT2D eigenvalue weighted by molar-refractivity contribution is 8.00. The lowest BCUT2D eigenvalue weighted by molar-refractivity contribution is -0.387. The van der Waals surface area contributed by atoms with Crippen molar-refractivity contribution in [2.75, 3.05) is 10.6 Å². The van der Waals surface area contributed by atoms with Gasteiger partial charge in [0.05, 0.1) is 31.7 Å². The fourth-order valence-electron chi connectivity index (χ4n) is 5.49. The first-order chi connectivity index (χ1) is 17.7. The molecule has 5 atom stereocenters. The summed E-state index contributed by atoms with van der Waals surface area (Å²) in [6.45, 7) is 1.43. The summed E-state index contributed by atoms with van der Waals surface area (Å²) < 4.78 is 0. The van der Waals surface area contributed by atoms with Crippen molar-refractivity contribution in [2.45, 2.75) is 40.8 Å². The third-order valence-corrected chi connectivity index (χ3v) is 9.06. The highest BCUT2D eigenvalue weighted by Crippen LogP contribution is 2.59. The first kappa shape index (κ1) is 25.0. The Labute approximate surface area is 221 Å². The Morgan fingerprint density at radius 2 is 1.68 bits per heavy atom. The number of nitrogens with one attached hydrogen (secondary N) is 2. The van der Waals surface area contributed by atoms with E-state index in [9.17, 15) is 25.0 Å². The molecule has 0 radical (unpaired) electrons. The number of para-hydroxylation sites is 2. The zero-order valence-electron chi connectivity index (χ0n) is 19.7. The molecule has 1 fully saturated rings. The molecule has 190 valence electrons. The minimum absolute atomic E-state index is 0.0213. The van der Waals surface area contributed by atoms with Crippen molar-refractivity contribution >= 4 is 52.0 Å². The molecule has 1 aliphatic heterocycles. The highest BCUT2D eigenvalue weighted by atomic mass is 35.5. The molecule has 3 aromatic carbocycles. The van der Waals surface area contributed by atoms with Gasteiger partial charge < -0.3 is 10.6 Å². The summed E-state index contributed by atoms with van der Waals surface area (Å²) >= 11 is 8.51. The Hall–Kier alpha value is -3.63. The molecule has 1 aliphatic carbocycles. The Balaban J connectivity index is 1.58. The Bertz CT molecular complexity index is 1400. The molecule has 2 N–H and O–H groups in total. The summed E-state index contributed by atoms with van der Waals surface area (Å²) in [6, 6.07) is 18.4. The maximum absolute atomic E-state index is 11.9. The second-order valence-corrected chi connectivity index (χ2v) is 11.0. The number of carbonyl (C=O) groups is 1. The van der Waals surface area contributed by atoms with Crippen molar-refractivity contribution in [1.82, 2.24) is 0 Å². The van der Waals surface area contributed by atoms with Gasteiger partial charge in [0.15, 0.2) is 0 Å². The largest absolute Gasteiger partial charge is 0.377 e. The molecule has 1 amide bonds. The van der Waals surface area contributed by atoms with Crippen LogP contribution in [0, 0.1) is 26.1 Å². The number of fused-ring (bicyclic) bond motifs is 3. The van der Waals surface area contributed by atoms with Gasteiger partial charge in [0.2, 0.25) is 5.91 Å². The maximum Gasteiger partial charge on any atom is 0.282 e. The van der Waals surface area contributed by atoms with Crippen LogP contribution in [0.4, 0.5) is 22.7 Å². The summed E-state index contributed by atoms with van der Waals surface area (Å²) in [4.78, 5) is 34.9. The topological polar surface area (TPSA) is 127 Å². The van der Waals surface area contributed by atoms with Crippen molar-refractivity contribution < 1.29 is 14.6 Å². The van der Waals surface area contributed by atoms with Crippen molar-refractivity contribution in [3.8, 4) is 0 Å². The molecular formula is C26H23ClN4O5S. The molecule has 0 spiro atoms. The molecule has 0 unspecified atom stereocenters. The van der Waals surface area contributed by atoms with Crippen molar-refractivity contribution in [1.29, 1.82) is 0 Å². The van der Waals surface area contributed by atoms with Crippen LogP contribution in [0.25, 0.3) is 0 Å². The molecule has 0 bridgehead atoms. The van der Waals surface area contributed by atoms with Crippen LogP contribution < -0.4 is 10.6 Å². The van der Waals surface area contributed by atoms with Gasteiger partial charge >= 0.3 is 0 Å². The van der Waals surface area contributed by atoms with Crippen molar-refractivity contribution in [3.05, 3.63) is 98.1 Å². The van der Waals surface area contributed by atoms with Gasteiger partial charge in [0.1, 0.15) is 0 Å². The summed E-state index contributed by atoms with van der Waals surface area (Å²) in [7, 11) is 0. The molecule has 0 aromatic heterocycles. The number of halogens is 1. The van der Waals surface area contributed by atoms with Crippen LogP contribution in [-0.4, -0.2) is 26.4 Å². The molecule has 5 rings (SSSR count). The monoisotopic (exact) mass is 538 g/mol. The Morgan fingerprint density at radius 1 is 1.00 bits per heavy atom. The summed E-state index contributed by atoms with van der Waals surface area (Å²) in [6.07, 6.45) is 0.586. The molecule has 37 heavy (non-hydrogen) atoms. The third-order valence-electron chi connectivity index (χ3n) is 6.94. The number of nitro benzene ring substituents is 2. The van der Waals surface area contributed by atoms with Gasteiger partial charge in [0.25, 0.3) is 11.4 Å². The molecule has 0 saturated heterocycles. The summed E-state index contributed by atoms with van der Waals surface area (Å²) in [5, 5.41) is 29.2. The number of nitro groups is 2. The summed E-state index contributed by atoms with van der Waals surface area (Å²) in [5.74, 6) is -0.516. The number of alkyl halides is 1. The summed E-state index contributed by atoms with van der Waals surface area (Å²) in [5.41, 5.74) is 2.96. The fraction of sp³-hybridized carbons (Fsp3) is 0.269. The quantitative estimate of drug-likeness (QED) is 0.208. The fourth-order valence-corrected chi connectivity index (χ4v) is 7.44. The standard InChI is InChI=1S/C26H23ClN4O5S/c1-14(32)28-15-10-11-19-17(12-15)24-18(26(29-19)16-6-2-3-7-20(16)30(33)34)13-23(25(24)27)37-22-9-5-4-8-21(22)31(35)36/h2-12,18,23-26,29H,13H2,1H3,(H,28,32)/t18-,23+,24-,25+,26-/m0/s1. The predicted molar refractivity (Wildman–Crippen MR) is 143 cm³/mol. The van der Waals surface area contributed by atoms with Crippen LogP contribution in [0.15, 0.2) is 71.6 Å². The molecular weight excluding hydrogens is 516 g/mol. The zero-order chi connectivity index (χ0) is 26.3. The number of nitrogens with zero attached hydrogens (tertiary/aromatic N) is 2. The molecule has 2 aliphatic rings. The highest BCUT2D eigenvalue weighted by Gasteiger charge is 2.51. The Morgan fingerprint density at radius 3 is 2.38 bits per heavy atom. The van der Waals surface area contributed by atoms with Gasteiger partial charge in [-0.3, -0.25) is 25.0 Å². The minimum Gasteiger partial charge on any atom is -0.377 e. The van der Waals surface area contributed by atoms with E-state index in [1.807, 2.05) is 12.1 Å². The van der Waals surface area contributed by atoms with Gasteiger partial charge in [-0.15, -0.1) is 23.4 Å². The third kappa shape index (κ3) is 4.74. The maximum atomic E-state index is 11.9. The van der Waals surface area contributed by atoms with E-state index in [1.54, 1.807) is 42.5 Å². The molecule has 9 nitrogen and oxygen atoms in total. The smallest absolute Gasteiger partial charge is 0.282 e. The lowest BCUT2D eigenvalue weighted by Gasteiger charge is -2.38. The lowest BCUT2D eigenvalue weighted by Crippen LogP contribution is -2.31.